The topological polar surface area (TPSA) is 113 Å². The Kier molecular flexibility index (Phi) is 3.93. The molecule has 0 spiro atoms. The molecule has 0 aromatic carbocycles. The highest BCUT2D eigenvalue weighted by Gasteiger charge is 2.39. The molecule has 9 nitrogen and oxygen atoms in total. The van der Waals surface area contributed by atoms with E-state index in [0.29, 0.717) is 13.1 Å². The average Bonchev–Trinajstić information content (AvgIpc) is 3.02. The Labute approximate surface area is 118 Å². The molecule has 114 valence electrons. The number of anilines is 1. The van der Waals surface area contributed by atoms with E-state index >= 15 is 0 Å². The number of nitro groups is 1. The molecule has 1 amide bonds. The lowest BCUT2D eigenvalue weighted by atomic mass is 10.6. The van der Waals surface area contributed by atoms with Crippen molar-refractivity contribution in [3.63, 3.8) is 0 Å². The second-order valence-corrected chi connectivity index (χ2v) is 4.68. The van der Waals surface area contributed by atoms with Crippen LogP contribution in [-0.4, -0.2) is 41.0 Å². The monoisotopic (exact) mass is 324 g/mol. The lowest BCUT2D eigenvalue weighted by molar-refractivity contribution is -0.380. The summed E-state index contributed by atoms with van der Waals surface area (Å²) in [5.74, 6) is -2.29. The molecule has 13 heteroatoms. The lowest BCUT2D eigenvalue weighted by Crippen LogP contribution is -2.38. The average molecular weight is 324 g/mol. The highest BCUT2D eigenvalue weighted by atomic mass is 32.1. The summed E-state index contributed by atoms with van der Waals surface area (Å²) in [5.41, 5.74) is 1.36. The molecule has 21 heavy (non-hydrogen) atoms. The Hall–Kier alpha value is -2.44. The first-order valence-corrected chi connectivity index (χ1v) is 6.17. The number of nitrogens with zero attached hydrogens (tertiary/aromatic N) is 4. The number of carbonyl (C=O) groups excluding carboxylic acids is 1. The van der Waals surface area contributed by atoms with E-state index in [4.69, 9.17) is 0 Å². The summed E-state index contributed by atoms with van der Waals surface area (Å²) in [6, 6.07) is 0. The van der Waals surface area contributed by atoms with Crippen LogP contribution in [0.2, 0.25) is 0 Å². The maximum atomic E-state index is 12.0. The van der Waals surface area contributed by atoms with Gasteiger partial charge in [0.25, 0.3) is 0 Å². The predicted octanol–water partition coefficient (Wildman–Crippen LogP) is 0.410. The summed E-state index contributed by atoms with van der Waals surface area (Å²) in [4.78, 5) is 25.7. The summed E-state index contributed by atoms with van der Waals surface area (Å²) in [5, 5.41) is 16.5. The number of rotatable bonds is 3. The summed E-state index contributed by atoms with van der Waals surface area (Å²) < 4.78 is 36.1. The number of thiazole rings is 1. The fourth-order valence-electron chi connectivity index (χ4n) is 1.40. The van der Waals surface area contributed by atoms with Crippen molar-refractivity contribution in [2.75, 3.05) is 18.0 Å². The third-order valence-electron chi connectivity index (χ3n) is 2.29. The molecule has 2 rings (SSSR count). The maximum absolute atomic E-state index is 12.0. The molecule has 2 N–H and O–H groups in total. The zero-order valence-corrected chi connectivity index (χ0v) is 10.9. The van der Waals surface area contributed by atoms with Crippen LogP contribution in [0.4, 0.5) is 23.3 Å². The van der Waals surface area contributed by atoms with Gasteiger partial charge in [-0.1, -0.05) is 0 Å². The van der Waals surface area contributed by atoms with Crippen LogP contribution in [0.3, 0.4) is 0 Å². The van der Waals surface area contributed by atoms with E-state index in [0.717, 1.165) is 17.5 Å². The van der Waals surface area contributed by atoms with E-state index in [1.54, 1.807) is 0 Å². The van der Waals surface area contributed by atoms with E-state index in [-0.39, 0.29) is 16.1 Å². The second-order valence-electron chi connectivity index (χ2n) is 3.69. The number of amides is 1. The number of aromatic nitrogens is 1. The Bertz CT molecular complexity index is 600. The van der Waals surface area contributed by atoms with Gasteiger partial charge in [0.05, 0.1) is 4.92 Å². The molecule has 1 aromatic rings. The van der Waals surface area contributed by atoms with Crippen LogP contribution in [0.15, 0.2) is 11.3 Å². The first-order valence-electron chi connectivity index (χ1n) is 5.35. The minimum atomic E-state index is -5.05. The van der Waals surface area contributed by atoms with E-state index in [9.17, 15) is 28.1 Å². The van der Waals surface area contributed by atoms with Crippen molar-refractivity contribution in [1.82, 2.24) is 15.7 Å². The minimum Gasteiger partial charge on any atom is -0.353 e. The molecule has 1 aliphatic heterocycles. The Morgan fingerprint density at radius 3 is 2.90 bits per heavy atom. The number of hydrazone groups is 1. The predicted molar refractivity (Wildman–Crippen MR) is 65.7 cm³/mol. The van der Waals surface area contributed by atoms with E-state index in [1.807, 2.05) is 0 Å². The molecular weight excluding hydrogens is 317 g/mol. The van der Waals surface area contributed by atoms with E-state index < -0.39 is 17.0 Å². The molecule has 2 heterocycles. The Balaban J connectivity index is 2.12. The van der Waals surface area contributed by atoms with Gasteiger partial charge in [-0.15, -0.1) is 5.10 Å². The highest BCUT2D eigenvalue weighted by Crippen LogP contribution is 2.28. The number of hydrogen-bond acceptors (Lipinski definition) is 6. The molecule has 0 atom stereocenters. The van der Waals surface area contributed by atoms with Crippen LogP contribution in [-0.2, 0) is 4.79 Å². The number of carbonyl (C=O) groups is 1. The minimum absolute atomic E-state index is 0.0724. The van der Waals surface area contributed by atoms with Gasteiger partial charge in [-0.2, -0.15) is 13.2 Å². The van der Waals surface area contributed by atoms with Crippen LogP contribution in [0.25, 0.3) is 0 Å². The summed E-state index contributed by atoms with van der Waals surface area (Å²) in [6.07, 6.45) is -4.02. The molecule has 1 fully saturated rings. The number of halogens is 3. The normalized spacial score (nSPS) is 16.9. The van der Waals surface area contributed by atoms with Gasteiger partial charge >= 0.3 is 17.1 Å². The van der Waals surface area contributed by atoms with Crippen LogP contribution in [0.1, 0.15) is 0 Å². The van der Waals surface area contributed by atoms with Crippen molar-refractivity contribution in [2.24, 2.45) is 5.10 Å². The largest absolute Gasteiger partial charge is 0.473 e. The number of guanidine groups is 1. The van der Waals surface area contributed by atoms with Gasteiger partial charge in [-0.3, -0.25) is 19.8 Å². The highest BCUT2D eigenvalue weighted by molar-refractivity contribution is 7.18. The summed E-state index contributed by atoms with van der Waals surface area (Å²) in [6.45, 7) is 0.638. The third-order valence-corrected chi connectivity index (χ3v) is 3.26. The fourth-order valence-corrected chi connectivity index (χ4v) is 2.16. The standard InChI is InChI=1S/C8H7F3N6O3S/c9-8(10,11)5(18)14-15-6-12-1-2-16(6)7-13-3-4(21-7)17(19)20/h3H,1-2H2,(H,12,15)(H,14,18). The zero-order chi connectivity index (χ0) is 15.6. The van der Waals surface area contributed by atoms with Gasteiger partial charge in [0.2, 0.25) is 5.96 Å². The number of hydrogen-bond donors (Lipinski definition) is 2. The van der Waals surface area contributed by atoms with Crippen molar-refractivity contribution in [3.8, 4) is 0 Å². The first kappa shape index (κ1) is 15.0. The molecule has 1 aromatic heterocycles. The van der Waals surface area contributed by atoms with Crippen molar-refractivity contribution < 1.29 is 22.9 Å². The molecule has 1 aliphatic rings. The first-order chi connectivity index (χ1) is 9.79. The Morgan fingerprint density at radius 1 is 1.62 bits per heavy atom. The molecular formula is C8H7F3N6O3S. The van der Waals surface area contributed by atoms with Crippen LogP contribution >= 0.6 is 11.3 Å². The van der Waals surface area contributed by atoms with E-state index in [2.05, 4.69) is 15.4 Å². The van der Waals surface area contributed by atoms with Gasteiger partial charge in [-0.05, 0) is 11.3 Å². The van der Waals surface area contributed by atoms with Crippen LogP contribution in [0, 0.1) is 10.1 Å². The zero-order valence-electron chi connectivity index (χ0n) is 10.0. The van der Waals surface area contributed by atoms with Gasteiger partial charge in [-0.25, -0.2) is 10.4 Å². The second kappa shape index (κ2) is 5.51. The van der Waals surface area contributed by atoms with Crippen molar-refractivity contribution >= 4 is 33.3 Å². The van der Waals surface area contributed by atoms with E-state index in [1.165, 1.54) is 10.3 Å². The molecule has 0 saturated carbocycles. The van der Waals surface area contributed by atoms with Gasteiger partial charge in [0.15, 0.2) is 5.13 Å². The quantitative estimate of drug-likeness (QED) is 0.615. The molecule has 0 unspecified atom stereocenters. The molecule has 0 bridgehead atoms. The molecule has 0 radical (unpaired) electrons. The van der Waals surface area contributed by atoms with Gasteiger partial charge in [0, 0.05) is 13.1 Å². The Morgan fingerprint density at radius 2 is 2.33 bits per heavy atom. The molecule has 1 saturated heterocycles. The fraction of sp³-hybridized carbons (Fsp3) is 0.375. The lowest BCUT2D eigenvalue weighted by Gasteiger charge is -2.13. The maximum Gasteiger partial charge on any atom is 0.473 e. The summed E-state index contributed by atoms with van der Waals surface area (Å²) >= 11 is 0.742. The number of alkyl halides is 3. The van der Waals surface area contributed by atoms with Crippen LogP contribution in [0.5, 0.6) is 0 Å². The van der Waals surface area contributed by atoms with Gasteiger partial charge in [0.1, 0.15) is 6.20 Å². The molecule has 0 aliphatic carbocycles. The third kappa shape index (κ3) is 3.36. The van der Waals surface area contributed by atoms with Crippen LogP contribution < -0.4 is 15.6 Å². The number of nitrogens with one attached hydrogen (secondary N) is 2. The van der Waals surface area contributed by atoms with Crippen molar-refractivity contribution in [3.05, 3.63) is 16.3 Å². The van der Waals surface area contributed by atoms with Crippen molar-refractivity contribution in [1.29, 1.82) is 0 Å². The smallest absolute Gasteiger partial charge is 0.353 e. The van der Waals surface area contributed by atoms with Gasteiger partial charge < -0.3 is 5.32 Å². The van der Waals surface area contributed by atoms with Crippen molar-refractivity contribution in [2.45, 2.75) is 6.18 Å². The SMILES string of the molecule is O=C(NN=C1NCCN1c1ncc([N+](=O)[O-])s1)C(F)(F)F. The summed E-state index contributed by atoms with van der Waals surface area (Å²) in [7, 11) is 0.